The summed E-state index contributed by atoms with van der Waals surface area (Å²) in [6, 6.07) is 6.21. The average molecular weight is 279 g/mol. The van der Waals surface area contributed by atoms with Crippen LogP contribution in [0.2, 0.25) is 0 Å². The summed E-state index contributed by atoms with van der Waals surface area (Å²) in [5.41, 5.74) is 1.42. The Morgan fingerprint density at radius 2 is 1.65 bits per heavy atom. The maximum absolute atomic E-state index is 5.41. The highest BCUT2D eigenvalue weighted by Crippen LogP contribution is 2.33. The maximum Gasteiger partial charge on any atom is 0.160 e. The van der Waals surface area contributed by atoms with Gasteiger partial charge in [-0.15, -0.1) is 0 Å². The molecule has 0 saturated heterocycles. The van der Waals surface area contributed by atoms with E-state index in [1.807, 2.05) is 6.07 Å². The maximum atomic E-state index is 5.41. The van der Waals surface area contributed by atoms with Gasteiger partial charge in [0.25, 0.3) is 0 Å². The number of nitrogens with one attached hydrogen (secondary N) is 1. The summed E-state index contributed by atoms with van der Waals surface area (Å²) < 4.78 is 10.7. The van der Waals surface area contributed by atoms with Crippen molar-refractivity contribution >= 4 is 0 Å². The molecule has 0 fully saturated rings. The third-order valence-electron chi connectivity index (χ3n) is 3.49. The lowest BCUT2D eigenvalue weighted by Gasteiger charge is -2.28. The molecule has 1 rings (SSSR count). The molecule has 3 nitrogen and oxygen atoms in total. The number of hydrogen-bond acceptors (Lipinski definition) is 3. The van der Waals surface area contributed by atoms with Gasteiger partial charge < -0.3 is 14.8 Å². The highest BCUT2D eigenvalue weighted by molar-refractivity contribution is 5.44. The van der Waals surface area contributed by atoms with Crippen molar-refractivity contribution < 1.29 is 9.47 Å². The van der Waals surface area contributed by atoms with Crippen molar-refractivity contribution in [3.8, 4) is 11.5 Å². The Morgan fingerprint density at radius 3 is 2.10 bits per heavy atom. The van der Waals surface area contributed by atoms with Gasteiger partial charge in [-0.2, -0.15) is 0 Å². The van der Waals surface area contributed by atoms with Crippen LogP contribution in [-0.4, -0.2) is 26.3 Å². The first-order valence-corrected chi connectivity index (χ1v) is 7.25. The van der Waals surface area contributed by atoms with Crippen LogP contribution in [0.15, 0.2) is 18.2 Å². The summed E-state index contributed by atoms with van der Waals surface area (Å²) in [4.78, 5) is 0. The number of rotatable bonds is 6. The molecule has 0 aliphatic rings. The van der Waals surface area contributed by atoms with Crippen molar-refractivity contribution in [1.29, 1.82) is 0 Å². The number of ether oxygens (including phenoxy) is 2. The zero-order valence-corrected chi connectivity index (χ0v) is 13.9. The first kappa shape index (κ1) is 16.8. The molecule has 0 amide bonds. The second-order valence-electron chi connectivity index (χ2n) is 6.60. The molecule has 3 heteroatoms. The molecule has 0 radical (unpaired) electrons. The Balaban J connectivity index is 2.97. The molecule has 1 aromatic carbocycles. The van der Waals surface area contributed by atoms with Crippen molar-refractivity contribution in [2.75, 3.05) is 20.8 Å². The average Bonchev–Trinajstić information content (AvgIpc) is 2.36. The monoisotopic (exact) mass is 279 g/mol. The van der Waals surface area contributed by atoms with E-state index >= 15 is 0 Å². The van der Waals surface area contributed by atoms with Gasteiger partial charge in [-0.05, 0) is 50.3 Å². The van der Waals surface area contributed by atoms with Crippen LogP contribution in [0, 0.1) is 5.92 Å². The van der Waals surface area contributed by atoms with Crippen LogP contribution in [0.1, 0.15) is 46.1 Å². The van der Waals surface area contributed by atoms with Gasteiger partial charge in [-0.1, -0.05) is 19.9 Å². The molecule has 0 bridgehead atoms. The van der Waals surface area contributed by atoms with Crippen molar-refractivity contribution in [3.05, 3.63) is 23.8 Å². The second kappa shape index (κ2) is 6.98. The van der Waals surface area contributed by atoms with Crippen LogP contribution >= 0.6 is 0 Å². The summed E-state index contributed by atoms with van der Waals surface area (Å²) in [6.07, 6.45) is 0. The fourth-order valence-electron chi connectivity index (χ4n) is 2.24. The molecule has 0 aliphatic heterocycles. The van der Waals surface area contributed by atoms with E-state index in [1.165, 1.54) is 5.56 Å². The zero-order chi connectivity index (χ0) is 15.3. The molecule has 0 heterocycles. The van der Waals surface area contributed by atoms with E-state index in [4.69, 9.17) is 9.47 Å². The summed E-state index contributed by atoms with van der Waals surface area (Å²) in [5, 5.41) is 3.60. The van der Waals surface area contributed by atoms with Crippen molar-refractivity contribution in [1.82, 2.24) is 5.32 Å². The largest absolute Gasteiger partial charge is 0.493 e. The number of benzene rings is 1. The Bertz CT molecular complexity index is 421. The normalized spacial score (nSPS) is 13.4. The fourth-order valence-corrected chi connectivity index (χ4v) is 2.24. The molecule has 1 atom stereocenters. The van der Waals surface area contributed by atoms with Crippen molar-refractivity contribution in [3.63, 3.8) is 0 Å². The summed E-state index contributed by atoms with van der Waals surface area (Å²) in [5.74, 6) is 2.59. The number of hydrogen-bond donors (Lipinski definition) is 1. The van der Waals surface area contributed by atoms with Gasteiger partial charge in [0.1, 0.15) is 0 Å². The predicted octanol–water partition coefficient (Wildman–Crippen LogP) is 3.83. The fraction of sp³-hybridized carbons (Fsp3) is 0.647. The van der Waals surface area contributed by atoms with Crippen LogP contribution in [0.3, 0.4) is 0 Å². The summed E-state index contributed by atoms with van der Waals surface area (Å²) in [7, 11) is 3.35. The standard InChI is InChI=1S/C17H29NO2/c1-12(2)14(11-18-17(3,4)5)13-8-9-15(19-6)16(10-13)20-7/h8-10,12,14,18H,11H2,1-7H3. The zero-order valence-electron chi connectivity index (χ0n) is 13.9. The lowest BCUT2D eigenvalue weighted by atomic mass is 9.87. The topological polar surface area (TPSA) is 30.5 Å². The molecule has 114 valence electrons. The Morgan fingerprint density at radius 1 is 1.05 bits per heavy atom. The van der Waals surface area contributed by atoms with E-state index in [0.29, 0.717) is 11.8 Å². The molecular formula is C17H29NO2. The molecule has 20 heavy (non-hydrogen) atoms. The summed E-state index contributed by atoms with van der Waals surface area (Å²) >= 11 is 0. The highest BCUT2D eigenvalue weighted by atomic mass is 16.5. The minimum absolute atomic E-state index is 0.129. The molecule has 0 aliphatic carbocycles. The first-order chi connectivity index (χ1) is 9.28. The first-order valence-electron chi connectivity index (χ1n) is 7.25. The van der Waals surface area contributed by atoms with Crippen LogP contribution < -0.4 is 14.8 Å². The van der Waals surface area contributed by atoms with E-state index < -0.39 is 0 Å². The third-order valence-corrected chi connectivity index (χ3v) is 3.49. The molecular weight excluding hydrogens is 250 g/mol. The number of methoxy groups -OCH3 is 2. The van der Waals surface area contributed by atoms with Gasteiger partial charge >= 0.3 is 0 Å². The van der Waals surface area contributed by atoms with E-state index in [-0.39, 0.29) is 5.54 Å². The SMILES string of the molecule is COc1ccc(C(CNC(C)(C)C)C(C)C)cc1OC. The molecule has 1 aromatic rings. The lowest BCUT2D eigenvalue weighted by molar-refractivity contribution is 0.350. The molecule has 0 saturated carbocycles. The van der Waals surface area contributed by atoms with E-state index in [0.717, 1.165) is 18.0 Å². The van der Waals surface area contributed by atoms with Gasteiger partial charge in [0.2, 0.25) is 0 Å². The molecule has 1 N–H and O–H groups in total. The van der Waals surface area contributed by atoms with Crippen molar-refractivity contribution in [2.45, 2.75) is 46.1 Å². The van der Waals surface area contributed by atoms with Crippen LogP contribution in [-0.2, 0) is 0 Å². The highest BCUT2D eigenvalue weighted by Gasteiger charge is 2.20. The van der Waals surface area contributed by atoms with E-state index in [2.05, 4.69) is 52.1 Å². The molecule has 1 unspecified atom stereocenters. The van der Waals surface area contributed by atoms with Crippen LogP contribution in [0.5, 0.6) is 11.5 Å². The smallest absolute Gasteiger partial charge is 0.160 e. The predicted molar refractivity (Wildman–Crippen MR) is 84.9 cm³/mol. The molecule has 0 aromatic heterocycles. The molecule has 0 spiro atoms. The van der Waals surface area contributed by atoms with Crippen molar-refractivity contribution in [2.24, 2.45) is 5.92 Å². The van der Waals surface area contributed by atoms with Gasteiger partial charge in [-0.25, -0.2) is 0 Å². The summed E-state index contributed by atoms with van der Waals surface area (Å²) in [6.45, 7) is 12.0. The quantitative estimate of drug-likeness (QED) is 0.858. The minimum atomic E-state index is 0.129. The Labute approximate surface area is 123 Å². The minimum Gasteiger partial charge on any atom is -0.493 e. The Kier molecular flexibility index (Phi) is 5.88. The van der Waals surface area contributed by atoms with Gasteiger partial charge in [0.05, 0.1) is 14.2 Å². The van der Waals surface area contributed by atoms with E-state index in [1.54, 1.807) is 14.2 Å². The third kappa shape index (κ3) is 4.71. The second-order valence-corrected chi connectivity index (χ2v) is 6.60. The van der Waals surface area contributed by atoms with Gasteiger partial charge in [0.15, 0.2) is 11.5 Å². The Hall–Kier alpha value is -1.22. The van der Waals surface area contributed by atoms with Gasteiger partial charge in [-0.3, -0.25) is 0 Å². The van der Waals surface area contributed by atoms with Crippen LogP contribution in [0.4, 0.5) is 0 Å². The lowest BCUT2D eigenvalue weighted by Crippen LogP contribution is -2.39. The van der Waals surface area contributed by atoms with Crippen LogP contribution in [0.25, 0.3) is 0 Å². The van der Waals surface area contributed by atoms with E-state index in [9.17, 15) is 0 Å². The van der Waals surface area contributed by atoms with Gasteiger partial charge in [0, 0.05) is 12.1 Å².